The summed E-state index contributed by atoms with van der Waals surface area (Å²) in [5.74, 6) is -0.294. The van der Waals surface area contributed by atoms with E-state index in [9.17, 15) is 9.18 Å². The molecule has 0 N–H and O–H groups in total. The Labute approximate surface area is 131 Å². The lowest BCUT2D eigenvalue weighted by Gasteiger charge is -2.42. The Kier molecular flexibility index (Phi) is 4.77. The predicted molar refractivity (Wildman–Crippen MR) is 87.4 cm³/mol. The number of likely N-dealkylation sites (N-methyl/N-ethyl adjacent to an activating group) is 1. The van der Waals surface area contributed by atoms with Crippen LogP contribution >= 0.6 is 0 Å². The molecule has 0 amide bonds. The molecule has 2 rings (SSSR count). The third kappa shape index (κ3) is 2.69. The summed E-state index contributed by atoms with van der Waals surface area (Å²) in [5, 5.41) is 0. The molecule has 0 fully saturated rings. The molecule has 1 atom stereocenters. The van der Waals surface area contributed by atoms with Gasteiger partial charge in [-0.1, -0.05) is 44.2 Å². The van der Waals surface area contributed by atoms with E-state index in [0.717, 1.165) is 5.56 Å². The fraction of sp³-hybridized carbons (Fsp3) is 0.316. The minimum Gasteiger partial charge on any atom is -0.293 e. The second kappa shape index (κ2) is 6.41. The van der Waals surface area contributed by atoms with Gasteiger partial charge in [-0.15, -0.1) is 0 Å². The molecule has 1 unspecified atom stereocenters. The van der Waals surface area contributed by atoms with Crippen LogP contribution in [0.1, 0.15) is 29.8 Å². The van der Waals surface area contributed by atoms with Crippen LogP contribution in [0.2, 0.25) is 0 Å². The van der Waals surface area contributed by atoms with Crippen molar-refractivity contribution in [3.05, 3.63) is 71.5 Å². The molecule has 0 aliphatic carbocycles. The lowest BCUT2D eigenvalue weighted by molar-refractivity contribution is 0.0529. The van der Waals surface area contributed by atoms with Crippen molar-refractivity contribution in [2.45, 2.75) is 19.4 Å². The summed E-state index contributed by atoms with van der Waals surface area (Å²) >= 11 is 0. The van der Waals surface area contributed by atoms with E-state index < -0.39 is 5.54 Å². The van der Waals surface area contributed by atoms with Crippen molar-refractivity contribution < 1.29 is 9.18 Å². The molecule has 0 spiro atoms. The normalized spacial score (nSPS) is 14.1. The largest absolute Gasteiger partial charge is 0.293 e. The summed E-state index contributed by atoms with van der Waals surface area (Å²) in [5.41, 5.74) is 0.691. The zero-order valence-electron chi connectivity index (χ0n) is 13.5. The molecule has 0 radical (unpaired) electrons. The molecule has 3 heteroatoms. The van der Waals surface area contributed by atoms with Gasteiger partial charge in [0, 0.05) is 5.56 Å². The van der Waals surface area contributed by atoms with Gasteiger partial charge in [-0.05, 0) is 49.8 Å². The maximum Gasteiger partial charge on any atom is 0.187 e. The van der Waals surface area contributed by atoms with Gasteiger partial charge in [0.2, 0.25) is 0 Å². The first-order valence-electron chi connectivity index (χ1n) is 7.44. The molecule has 0 heterocycles. The molecular weight excluding hydrogens is 277 g/mol. The topological polar surface area (TPSA) is 20.3 Å². The van der Waals surface area contributed by atoms with Gasteiger partial charge in [0.25, 0.3) is 0 Å². The van der Waals surface area contributed by atoms with Crippen LogP contribution in [0.3, 0.4) is 0 Å². The molecule has 2 nitrogen and oxygen atoms in total. The van der Waals surface area contributed by atoms with Crippen LogP contribution in [-0.4, -0.2) is 24.8 Å². The van der Waals surface area contributed by atoms with E-state index in [1.54, 1.807) is 12.1 Å². The first-order valence-corrected chi connectivity index (χ1v) is 7.44. The van der Waals surface area contributed by atoms with E-state index in [1.807, 2.05) is 63.2 Å². The van der Waals surface area contributed by atoms with E-state index in [2.05, 4.69) is 0 Å². The second-order valence-corrected chi connectivity index (χ2v) is 6.02. The molecule has 0 aromatic heterocycles. The number of nitrogens with zero attached hydrogens (tertiary/aromatic N) is 1. The number of carbonyl (C=O) groups is 1. The number of carbonyl (C=O) groups excluding carboxylic acids is 1. The maximum atomic E-state index is 13.3. The first-order chi connectivity index (χ1) is 10.4. The first kappa shape index (κ1) is 16.4. The van der Waals surface area contributed by atoms with Gasteiger partial charge >= 0.3 is 0 Å². The molecule has 0 aliphatic heterocycles. The Bertz CT molecular complexity index is 624. The van der Waals surface area contributed by atoms with Crippen LogP contribution in [0.5, 0.6) is 0 Å². The Morgan fingerprint density at radius 1 is 1.00 bits per heavy atom. The number of rotatable bonds is 5. The van der Waals surface area contributed by atoms with Crippen molar-refractivity contribution in [2.75, 3.05) is 14.1 Å². The number of hydrogen-bond donors (Lipinski definition) is 0. The zero-order chi connectivity index (χ0) is 16.3. The van der Waals surface area contributed by atoms with Crippen molar-refractivity contribution in [2.24, 2.45) is 5.92 Å². The fourth-order valence-corrected chi connectivity index (χ4v) is 3.22. The minimum absolute atomic E-state index is 0.0151. The number of hydrogen-bond acceptors (Lipinski definition) is 2. The van der Waals surface area contributed by atoms with Crippen molar-refractivity contribution >= 4 is 5.78 Å². The highest BCUT2D eigenvalue weighted by molar-refractivity contribution is 6.04. The van der Waals surface area contributed by atoms with Gasteiger partial charge < -0.3 is 0 Å². The lowest BCUT2D eigenvalue weighted by atomic mass is 9.73. The molecule has 2 aromatic carbocycles. The molecule has 22 heavy (non-hydrogen) atoms. The molecule has 116 valence electrons. The Morgan fingerprint density at radius 2 is 1.55 bits per heavy atom. The summed E-state index contributed by atoms with van der Waals surface area (Å²) in [6.07, 6.45) is 0. The van der Waals surface area contributed by atoms with Crippen molar-refractivity contribution in [1.29, 1.82) is 0 Å². The summed E-state index contributed by atoms with van der Waals surface area (Å²) in [6.45, 7) is 4.07. The standard InChI is InChI=1S/C19H22FNO/c1-14(2)19(21(3)4,16-8-6-5-7-9-16)18(22)15-10-12-17(20)13-11-15/h5-14H,1-4H3. The van der Waals surface area contributed by atoms with Gasteiger partial charge in [0.05, 0.1) is 0 Å². The molecule has 0 saturated heterocycles. The van der Waals surface area contributed by atoms with Gasteiger partial charge in [-0.3, -0.25) is 9.69 Å². The van der Waals surface area contributed by atoms with E-state index in [1.165, 1.54) is 12.1 Å². The summed E-state index contributed by atoms with van der Waals surface area (Å²) in [4.78, 5) is 15.3. The SMILES string of the molecule is CC(C)C(C(=O)c1ccc(F)cc1)(c1ccccc1)N(C)C. The minimum atomic E-state index is -0.779. The monoisotopic (exact) mass is 299 g/mol. The highest BCUT2D eigenvalue weighted by Gasteiger charge is 2.45. The number of benzene rings is 2. The highest BCUT2D eigenvalue weighted by Crippen LogP contribution is 2.37. The van der Waals surface area contributed by atoms with Gasteiger partial charge in [0.15, 0.2) is 5.78 Å². The van der Waals surface area contributed by atoms with E-state index in [4.69, 9.17) is 0 Å². The Hall–Kier alpha value is -2.00. The van der Waals surface area contributed by atoms with Crippen LogP contribution in [-0.2, 0) is 5.54 Å². The molecule has 2 aromatic rings. The average Bonchev–Trinajstić information content (AvgIpc) is 2.49. The average molecular weight is 299 g/mol. The van der Waals surface area contributed by atoms with Gasteiger partial charge in [-0.2, -0.15) is 0 Å². The molecule has 0 aliphatic rings. The molecule has 0 saturated carbocycles. The summed E-state index contributed by atoms with van der Waals surface area (Å²) < 4.78 is 13.2. The quantitative estimate of drug-likeness (QED) is 0.774. The van der Waals surface area contributed by atoms with Gasteiger partial charge in [0.1, 0.15) is 11.4 Å². The smallest absolute Gasteiger partial charge is 0.187 e. The lowest BCUT2D eigenvalue weighted by Crippen LogP contribution is -2.52. The Balaban J connectivity index is 2.63. The van der Waals surface area contributed by atoms with Crippen molar-refractivity contribution in [3.63, 3.8) is 0 Å². The van der Waals surface area contributed by atoms with Crippen LogP contribution in [0, 0.1) is 11.7 Å². The van der Waals surface area contributed by atoms with Gasteiger partial charge in [-0.25, -0.2) is 4.39 Å². The molecular formula is C19H22FNO. The van der Waals surface area contributed by atoms with E-state index in [-0.39, 0.29) is 17.5 Å². The predicted octanol–water partition coefficient (Wildman–Crippen LogP) is 4.12. The van der Waals surface area contributed by atoms with Crippen LogP contribution < -0.4 is 0 Å². The number of Topliss-reactive ketones (excluding diaryl/α,β-unsaturated/α-hetero) is 1. The van der Waals surface area contributed by atoms with Crippen LogP contribution in [0.25, 0.3) is 0 Å². The van der Waals surface area contributed by atoms with Crippen LogP contribution in [0.4, 0.5) is 4.39 Å². The zero-order valence-corrected chi connectivity index (χ0v) is 13.5. The highest BCUT2D eigenvalue weighted by atomic mass is 19.1. The van der Waals surface area contributed by atoms with E-state index in [0.29, 0.717) is 5.56 Å². The third-order valence-corrected chi connectivity index (χ3v) is 4.21. The maximum absolute atomic E-state index is 13.3. The summed E-state index contributed by atoms with van der Waals surface area (Å²) in [7, 11) is 3.82. The van der Waals surface area contributed by atoms with Crippen LogP contribution in [0.15, 0.2) is 54.6 Å². The summed E-state index contributed by atoms with van der Waals surface area (Å²) in [6, 6.07) is 15.5. The third-order valence-electron chi connectivity index (χ3n) is 4.21. The fourth-order valence-electron chi connectivity index (χ4n) is 3.22. The van der Waals surface area contributed by atoms with E-state index >= 15 is 0 Å². The number of ketones is 1. The van der Waals surface area contributed by atoms with Crippen molar-refractivity contribution in [3.8, 4) is 0 Å². The molecule has 0 bridgehead atoms. The van der Waals surface area contributed by atoms with Crippen molar-refractivity contribution in [1.82, 2.24) is 4.90 Å². The number of halogens is 1. The Morgan fingerprint density at radius 3 is 2.00 bits per heavy atom. The second-order valence-electron chi connectivity index (χ2n) is 6.02.